The van der Waals surface area contributed by atoms with Crippen molar-refractivity contribution in [2.45, 2.75) is 13.5 Å². The molecular formula is C23H21ClN6O2. The first-order valence-corrected chi connectivity index (χ1v) is 10.3. The number of allylic oxidation sites excluding steroid dienone is 1. The van der Waals surface area contributed by atoms with E-state index in [0.29, 0.717) is 16.7 Å². The highest BCUT2D eigenvalue weighted by atomic mass is 35.5. The molecule has 0 amide bonds. The summed E-state index contributed by atoms with van der Waals surface area (Å²) in [5, 5.41) is 4.94. The average Bonchev–Trinajstić information content (AvgIpc) is 3.16. The number of aromatic amines is 1. The van der Waals surface area contributed by atoms with E-state index < -0.39 is 11.2 Å². The molecule has 0 unspecified atom stereocenters. The summed E-state index contributed by atoms with van der Waals surface area (Å²) in [7, 11) is 1.55. The number of hydrogen-bond donors (Lipinski definition) is 2. The lowest BCUT2D eigenvalue weighted by molar-refractivity contribution is 0.808. The number of nitrogens with zero attached hydrogens (tertiary/aromatic N) is 4. The Hall–Kier alpha value is -3.91. The number of benzene rings is 2. The van der Waals surface area contributed by atoms with Crippen LogP contribution in [0.4, 0.5) is 5.95 Å². The number of rotatable bonds is 6. The summed E-state index contributed by atoms with van der Waals surface area (Å²) in [6, 6.07) is 17.2. The second-order valence-electron chi connectivity index (χ2n) is 7.21. The number of anilines is 1. The first-order valence-electron chi connectivity index (χ1n) is 9.90. The molecule has 0 radical (unpaired) electrons. The van der Waals surface area contributed by atoms with Crippen LogP contribution in [0.5, 0.6) is 0 Å². The number of fused-ring (bicyclic) bond motifs is 1. The first-order chi connectivity index (χ1) is 15.4. The molecule has 0 spiro atoms. The third-order valence-corrected chi connectivity index (χ3v) is 5.31. The summed E-state index contributed by atoms with van der Waals surface area (Å²) < 4.78 is 2.95. The Morgan fingerprint density at radius 2 is 1.88 bits per heavy atom. The fraction of sp³-hybridized carbons (Fsp3) is 0.130. The normalized spacial score (nSPS) is 12.0. The highest BCUT2D eigenvalue weighted by molar-refractivity contribution is 6.31. The minimum atomic E-state index is -0.540. The maximum atomic E-state index is 12.6. The molecule has 162 valence electrons. The lowest BCUT2D eigenvalue weighted by Crippen LogP contribution is -2.29. The topological polar surface area (TPSA) is 97.1 Å². The van der Waals surface area contributed by atoms with Gasteiger partial charge in [0.1, 0.15) is 0 Å². The van der Waals surface area contributed by atoms with Crippen LogP contribution in [0.2, 0.25) is 5.02 Å². The van der Waals surface area contributed by atoms with Gasteiger partial charge in [-0.1, -0.05) is 66.2 Å². The van der Waals surface area contributed by atoms with Crippen LogP contribution in [0.15, 0.2) is 75.4 Å². The van der Waals surface area contributed by atoms with Crippen molar-refractivity contribution >= 4 is 40.5 Å². The average molecular weight is 449 g/mol. The summed E-state index contributed by atoms with van der Waals surface area (Å²) in [4.78, 5) is 31.5. The van der Waals surface area contributed by atoms with E-state index in [9.17, 15) is 9.59 Å². The molecule has 0 fully saturated rings. The number of hydrogen-bond acceptors (Lipinski definition) is 5. The van der Waals surface area contributed by atoms with Crippen molar-refractivity contribution in [1.29, 1.82) is 0 Å². The number of nitrogens with one attached hydrogen (secondary N) is 2. The predicted molar refractivity (Wildman–Crippen MR) is 128 cm³/mol. The molecule has 0 aliphatic carbocycles. The van der Waals surface area contributed by atoms with Gasteiger partial charge >= 0.3 is 5.69 Å². The molecule has 4 aromatic rings. The maximum absolute atomic E-state index is 12.6. The Kier molecular flexibility index (Phi) is 6.04. The van der Waals surface area contributed by atoms with E-state index in [1.54, 1.807) is 17.7 Å². The fourth-order valence-electron chi connectivity index (χ4n) is 3.23. The summed E-state index contributed by atoms with van der Waals surface area (Å²) in [5.74, 6) is 0.319. The van der Waals surface area contributed by atoms with Gasteiger partial charge in [0.25, 0.3) is 5.56 Å². The Labute approximate surface area is 188 Å². The van der Waals surface area contributed by atoms with E-state index in [1.165, 1.54) is 4.57 Å². The summed E-state index contributed by atoms with van der Waals surface area (Å²) in [6.07, 6.45) is 3.81. The molecule has 0 bridgehead atoms. The number of halogens is 1. The quantitative estimate of drug-likeness (QED) is 0.347. The summed E-state index contributed by atoms with van der Waals surface area (Å²) in [5.41, 5.74) is 4.92. The second kappa shape index (κ2) is 9.07. The highest BCUT2D eigenvalue weighted by Gasteiger charge is 2.18. The van der Waals surface area contributed by atoms with E-state index in [2.05, 4.69) is 20.5 Å². The van der Waals surface area contributed by atoms with Crippen LogP contribution in [-0.2, 0) is 13.6 Å². The monoisotopic (exact) mass is 448 g/mol. The van der Waals surface area contributed by atoms with E-state index in [-0.39, 0.29) is 17.7 Å². The van der Waals surface area contributed by atoms with Gasteiger partial charge in [-0.05, 0) is 30.2 Å². The van der Waals surface area contributed by atoms with E-state index >= 15 is 0 Å². The number of imidazole rings is 1. The van der Waals surface area contributed by atoms with Crippen LogP contribution >= 0.6 is 11.6 Å². The fourth-order valence-corrected chi connectivity index (χ4v) is 3.42. The van der Waals surface area contributed by atoms with Crippen molar-refractivity contribution < 1.29 is 0 Å². The molecule has 0 saturated carbocycles. The van der Waals surface area contributed by atoms with Crippen LogP contribution < -0.4 is 16.7 Å². The molecule has 2 aromatic carbocycles. The minimum absolute atomic E-state index is 0.251. The van der Waals surface area contributed by atoms with Gasteiger partial charge in [-0.2, -0.15) is 10.1 Å². The third-order valence-electron chi connectivity index (χ3n) is 4.94. The number of aromatic nitrogens is 4. The lowest BCUT2D eigenvalue weighted by Gasteiger charge is -2.10. The van der Waals surface area contributed by atoms with Crippen molar-refractivity contribution in [3.63, 3.8) is 0 Å². The molecule has 2 aromatic heterocycles. The van der Waals surface area contributed by atoms with E-state index in [0.717, 1.165) is 11.1 Å². The molecule has 0 aliphatic heterocycles. The van der Waals surface area contributed by atoms with Crippen LogP contribution in [0, 0.1) is 0 Å². The van der Waals surface area contributed by atoms with Gasteiger partial charge in [0.05, 0.1) is 12.3 Å². The number of H-pyrrole nitrogens is 1. The predicted octanol–water partition coefficient (Wildman–Crippen LogP) is 3.63. The summed E-state index contributed by atoms with van der Waals surface area (Å²) >= 11 is 6.34. The molecule has 32 heavy (non-hydrogen) atoms. The lowest BCUT2D eigenvalue weighted by atomic mass is 10.2. The minimum Gasteiger partial charge on any atom is -0.298 e. The molecule has 0 aliphatic rings. The van der Waals surface area contributed by atoms with Gasteiger partial charge in [-0.15, -0.1) is 0 Å². The molecule has 0 atom stereocenters. The molecule has 8 nitrogen and oxygen atoms in total. The second-order valence-corrected chi connectivity index (χ2v) is 7.62. The van der Waals surface area contributed by atoms with Crippen molar-refractivity contribution in [3.8, 4) is 0 Å². The highest BCUT2D eigenvalue weighted by Crippen LogP contribution is 2.22. The summed E-state index contributed by atoms with van der Waals surface area (Å²) in [6.45, 7) is 2.12. The zero-order valence-corrected chi connectivity index (χ0v) is 18.3. The molecule has 2 N–H and O–H groups in total. The molecule has 9 heteroatoms. The molecule has 2 heterocycles. The van der Waals surface area contributed by atoms with Crippen LogP contribution in [0.1, 0.15) is 18.1 Å². The van der Waals surface area contributed by atoms with Gasteiger partial charge in [0.2, 0.25) is 5.95 Å². The first kappa shape index (κ1) is 21.3. The Morgan fingerprint density at radius 1 is 1.16 bits per heavy atom. The molecule has 0 saturated heterocycles. The van der Waals surface area contributed by atoms with Gasteiger partial charge in [0.15, 0.2) is 11.2 Å². The van der Waals surface area contributed by atoms with Crippen molar-refractivity contribution in [1.82, 2.24) is 19.1 Å². The van der Waals surface area contributed by atoms with Crippen LogP contribution in [0.3, 0.4) is 0 Å². The van der Waals surface area contributed by atoms with Gasteiger partial charge in [0, 0.05) is 12.1 Å². The van der Waals surface area contributed by atoms with Crippen molar-refractivity contribution in [3.05, 3.63) is 97.7 Å². The van der Waals surface area contributed by atoms with Gasteiger partial charge < -0.3 is 0 Å². The maximum Gasteiger partial charge on any atom is 0.329 e. The Balaban J connectivity index is 1.74. The van der Waals surface area contributed by atoms with Crippen LogP contribution in [-0.4, -0.2) is 24.8 Å². The zero-order chi connectivity index (χ0) is 22.7. The number of aryl methyl sites for hydroxylation is 1. The Bertz CT molecular complexity index is 1450. The van der Waals surface area contributed by atoms with Gasteiger partial charge in [-0.25, -0.2) is 10.2 Å². The van der Waals surface area contributed by atoms with Crippen LogP contribution in [0.25, 0.3) is 17.2 Å². The van der Waals surface area contributed by atoms with Crippen molar-refractivity contribution in [2.75, 3.05) is 5.43 Å². The standard InChI is InChI=1S/C23H21ClN6O2/c1-15(12-13-16-8-4-3-5-9-16)27-28-22-25-20-19(21(31)26-23(32)29(20)2)30(22)14-17-10-6-7-11-18(17)24/h3-13H,14H2,1-2H3,(H,25,28)(H,26,31,32)/b13-12+,27-15-. The zero-order valence-electron chi connectivity index (χ0n) is 17.5. The van der Waals surface area contributed by atoms with E-state index in [4.69, 9.17) is 11.6 Å². The smallest absolute Gasteiger partial charge is 0.298 e. The SMILES string of the molecule is CC(/C=C/c1ccccc1)=N/Nc1nc2c(c(=O)[nH]c(=O)n2C)n1Cc1ccccc1Cl. The largest absolute Gasteiger partial charge is 0.329 e. The Morgan fingerprint density at radius 3 is 2.62 bits per heavy atom. The van der Waals surface area contributed by atoms with E-state index in [1.807, 2.05) is 67.6 Å². The number of hydrazone groups is 1. The molecule has 4 rings (SSSR count). The third kappa shape index (κ3) is 4.40. The van der Waals surface area contributed by atoms with Crippen molar-refractivity contribution in [2.24, 2.45) is 12.1 Å². The molecular weight excluding hydrogens is 428 g/mol. The van der Waals surface area contributed by atoms with Gasteiger partial charge in [-0.3, -0.25) is 18.9 Å².